The second-order valence-electron chi connectivity index (χ2n) is 8.61. The maximum atomic E-state index is 15.0. The zero-order chi connectivity index (χ0) is 25.7. The van der Waals surface area contributed by atoms with E-state index in [2.05, 4.69) is 5.32 Å². The van der Waals surface area contributed by atoms with Gasteiger partial charge in [-0.3, -0.25) is 9.69 Å². The van der Waals surface area contributed by atoms with Crippen LogP contribution in [-0.2, 0) is 9.53 Å². The second kappa shape index (κ2) is 11.4. The number of nitrogens with one attached hydrogen (secondary N) is 1. The van der Waals surface area contributed by atoms with E-state index in [1.54, 1.807) is 43.2 Å². The minimum Gasteiger partial charge on any atom is -0.497 e. The van der Waals surface area contributed by atoms with E-state index < -0.39 is 11.9 Å². The predicted octanol–water partition coefficient (Wildman–Crippen LogP) is 3.46. The summed E-state index contributed by atoms with van der Waals surface area (Å²) in [5, 5.41) is 2.99. The predicted molar refractivity (Wildman–Crippen MR) is 141 cm³/mol. The van der Waals surface area contributed by atoms with Crippen molar-refractivity contribution in [2.24, 2.45) is 0 Å². The van der Waals surface area contributed by atoms with Gasteiger partial charge < -0.3 is 24.6 Å². The highest BCUT2D eigenvalue weighted by atomic mass is 32.1. The van der Waals surface area contributed by atoms with Crippen LogP contribution in [0.15, 0.2) is 48.5 Å². The van der Waals surface area contributed by atoms with E-state index >= 15 is 4.39 Å². The number of benzene rings is 2. The van der Waals surface area contributed by atoms with Crippen LogP contribution in [0.5, 0.6) is 5.75 Å². The third-order valence-electron chi connectivity index (χ3n) is 6.16. The average Bonchev–Trinajstić information content (AvgIpc) is 3.26. The first kappa shape index (κ1) is 25.4. The fourth-order valence-electron chi connectivity index (χ4n) is 4.17. The summed E-state index contributed by atoms with van der Waals surface area (Å²) in [6.07, 6.45) is 2.46. The summed E-state index contributed by atoms with van der Waals surface area (Å²) < 4.78 is 25.5. The van der Waals surface area contributed by atoms with E-state index in [1.165, 1.54) is 11.0 Å². The van der Waals surface area contributed by atoms with Gasteiger partial charge in [0.1, 0.15) is 17.7 Å². The van der Waals surface area contributed by atoms with Crippen molar-refractivity contribution in [3.63, 3.8) is 0 Å². The molecule has 10 heteroatoms. The lowest BCUT2D eigenvalue weighted by Crippen LogP contribution is -2.48. The summed E-state index contributed by atoms with van der Waals surface area (Å²) in [7, 11) is 1.61. The second-order valence-corrected chi connectivity index (χ2v) is 9.22. The highest BCUT2D eigenvalue weighted by molar-refractivity contribution is 7.80. The van der Waals surface area contributed by atoms with Crippen molar-refractivity contribution in [2.45, 2.75) is 13.0 Å². The number of rotatable bonds is 7. The van der Waals surface area contributed by atoms with E-state index in [0.717, 1.165) is 11.3 Å². The van der Waals surface area contributed by atoms with Crippen molar-refractivity contribution >= 4 is 46.7 Å². The van der Waals surface area contributed by atoms with Crippen LogP contribution in [0.3, 0.4) is 0 Å². The van der Waals surface area contributed by atoms with Gasteiger partial charge in [-0.25, -0.2) is 9.18 Å². The number of hydrogen-bond acceptors (Lipinski definition) is 6. The molecule has 1 atom stereocenters. The molecule has 0 bridgehead atoms. The summed E-state index contributed by atoms with van der Waals surface area (Å²) in [6.45, 7) is 4.48. The number of cyclic esters (lactones) is 1. The van der Waals surface area contributed by atoms with Gasteiger partial charge in [0, 0.05) is 32.3 Å². The van der Waals surface area contributed by atoms with E-state index in [1.807, 2.05) is 29.2 Å². The minimum atomic E-state index is -0.509. The monoisotopic (exact) mass is 512 g/mol. The van der Waals surface area contributed by atoms with Crippen molar-refractivity contribution in [1.29, 1.82) is 0 Å². The van der Waals surface area contributed by atoms with Crippen LogP contribution in [0.1, 0.15) is 12.5 Å². The van der Waals surface area contributed by atoms with Crippen LogP contribution in [0.25, 0.3) is 6.08 Å². The maximum absolute atomic E-state index is 15.0. The quantitative estimate of drug-likeness (QED) is 0.450. The molecule has 0 unspecified atom stereocenters. The molecule has 2 amide bonds. The third-order valence-corrected chi connectivity index (χ3v) is 6.31. The smallest absolute Gasteiger partial charge is 0.414 e. The van der Waals surface area contributed by atoms with E-state index in [4.69, 9.17) is 21.7 Å². The molecule has 2 saturated heterocycles. The Morgan fingerprint density at radius 3 is 2.56 bits per heavy atom. The van der Waals surface area contributed by atoms with Crippen molar-refractivity contribution in [3.8, 4) is 5.75 Å². The molecule has 2 aliphatic rings. The number of piperazine rings is 1. The summed E-state index contributed by atoms with van der Waals surface area (Å²) in [5.41, 5.74) is 1.80. The number of carbonyl (C=O) groups excluding carboxylic acids is 2. The Kier molecular flexibility index (Phi) is 8.04. The zero-order valence-electron chi connectivity index (χ0n) is 20.3. The summed E-state index contributed by atoms with van der Waals surface area (Å²) >= 11 is 4.99. The third kappa shape index (κ3) is 6.12. The lowest BCUT2D eigenvalue weighted by atomic mass is 10.2. The number of nitrogens with zero attached hydrogens (tertiary/aromatic N) is 3. The molecule has 190 valence electrons. The molecule has 0 spiro atoms. The first-order valence-electron chi connectivity index (χ1n) is 11.7. The lowest BCUT2D eigenvalue weighted by Gasteiger charge is -2.36. The molecule has 0 saturated carbocycles. The number of methoxy groups -OCH3 is 1. The standard InChI is InChI=1S/C26H29FN4O4S/c1-18(36)28-16-22-17-31(26(33)35-22)20-6-9-24(23(27)15-20)29-11-13-30(14-12-29)25(32)10-5-19-3-7-21(34-2)8-4-19/h3-10,15,22H,11-14,16-17H2,1-2H3,(H,28,36)/b10-5+/t22-/m0/s1. The van der Waals surface area contributed by atoms with Crippen LogP contribution in [-0.4, -0.2) is 74.4 Å². The Balaban J connectivity index is 1.32. The molecule has 2 fully saturated rings. The molecule has 0 aromatic heterocycles. The van der Waals surface area contributed by atoms with Gasteiger partial charge in [-0.05, 0) is 48.9 Å². The van der Waals surface area contributed by atoms with Gasteiger partial charge >= 0.3 is 6.09 Å². The first-order valence-corrected chi connectivity index (χ1v) is 12.1. The number of ether oxygens (including phenoxy) is 2. The Morgan fingerprint density at radius 2 is 1.92 bits per heavy atom. The van der Waals surface area contributed by atoms with E-state index in [-0.39, 0.29) is 12.0 Å². The van der Waals surface area contributed by atoms with Gasteiger partial charge in [-0.2, -0.15) is 0 Å². The molecule has 2 aromatic carbocycles. The Hall–Kier alpha value is -3.66. The van der Waals surface area contributed by atoms with Gasteiger partial charge in [0.15, 0.2) is 0 Å². The lowest BCUT2D eigenvalue weighted by molar-refractivity contribution is -0.126. The summed E-state index contributed by atoms with van der Waals surface area (Å²) in [4.78, 5) is 30.6. The molecular weight excluding hydrogens is 483 g/mol. The highest BCUT2D eigenvalue weighted by Crippen LogP contribution is 2.28. The molecule has 2 aliphatic heterocycles. The fraction of sp³-hybridized carbons (Fsp3) is 0.346. The number of amides is 2. The normalized spacial score (nSPS) is 17.9. The van der Waals surface area contributed by atoms with Gasteiger partial charge in [0.05, 0.1) is 36.6 Å². The largest absolute Gasteiger partial charge is 0.497 e. The topological polar surface area (TPSA) is 74.3 Å². The number of carbonyl (C=O) groups is 2. The van der Waals surface area contributed by atoms with Crippen molar-refractivity contribution < 1.29 is 23.5 Å². The average molecular weight is 513 g/mol. The number of thiocarbonyl (C=S) groups is 1. The maximum Gasteiger partial charge on any atom is 0.414 e. The van der Waals surface area contributed by atoms with E-state index in [0.29, 0.717) is 55.6 Å². The molecular formula is C26H29FN4O4S. The molecule has 2 aromatic rings. The molecule has 4 rings (SSSR count). The Morgan fingerprint density at radius 1 is 1.19 bits per heavy atom. The SMILES string of the molecule is COc1ccc(/C=C/C(=O)N2CCN(c3ccc(N4C[C@H](CNC(C)=S)OC4=O)cc3F)CC2)cc1. The number of hydrogen-bond donors (Lipinski definition) is 1. The van der Waals surface area contributed by atoms with Crippen molar-refractivity contribution in [1.82, 2.24) is 10.2 Å². The summed E-state index contributed by atoms with van der Waals surface area (Å²) in [5.74, 6) is 0.256. The molecule has 0 radical (unpaired) electrons. The van der Waals surface area contributed by atoms with Crippen LogP contribution in [0.2, 0.25) is 0 Å². The first-order chi connectivity index (χ1) is 17.3. The van der Waals surface area contributed by atoms with Crippen molar-refractivity contribution in [3.05, 3.63) is 59.9 Å². The van der Waals surface area contributed by atoms with Gasteiger partial charge in [0.25, 0.3) is 0 Å². The zero-order valence-corrected chi connectivity index (χ0v) is 21.1. The Bertz CT molecular complexity index is 1150. The highest BCUT2D eigenvalue weighted by Gasteiger charge is 2.33. The van der Waals surface area contributed by atoms with Crippen LogP contribution >= 0.6 is 12.2 Å². The van der Waals surface area contributed by atoms with Gasteiger partial charge in [0.2, 0.25) is 5.91 Å². The molecule has 8 nitrogen and oxygen atoms in total. The number of halogens is 1. The van der Waals surface area contributed by atoms with E-state index in [9.17, 15) is 9.59 Å². The molecule has 0 aliphatic carbocycles. The molecule has 36 heavy (non-hydrogen) atoms. The molecule has 2 heterocycles. The van der Waals surface area contributed by atoms with Gasteiger partial charge in [-0.15, -0.1) is 0 Å². The fourth-order valence-corrected chi connectivity index (χ4v) is 4.26. The minimum absolute atomic E-state index is 0.0817. The van der Waals surface area contributed by atoms with Crippen LogP contribution < -0.4 is 19.9 Å². The molecule has 1 N–H and O–H groups in total. The van der Waals surface area contributed by atoms with Crippen LogP contribution in [0, 0.1) is 5.82 Å². The van der Waals surface area contributed by atoms with Crippen molar-refractivity contribution in [2.75, 3.05) is 56.2 Å². The van der Waals surface area contributed by atoms with Crippen LogP contribution in [0.4, 0.5) is 20.6 Å². The van der Waals surface area contributed by atoms with Gasteiger partial charge in [-0.1, -0.05) is 24.4 Å². The Labute approximate surface area is 215 Å². The summed E-state index contributed by atoms with van der Waals surface area (Å²) in [6, 6.07) is 12.2. The number of anilines is 2.